The highest BCUT2D eigenvalue weighted by molar-refractivity contribution is 6.31. The van der Waals surface area contributed by atoms with Crippen molar-refractivity contribution in [3.8, 4) is 0 Å². The molecule has 2 aromatic heterocycles. The van der Waals surface area contributed by atoms with Crippen LogP contribution in [0.5, 0.6) is 0 Å². The number of benzene rings is 1. The fraction of sp³-hybridized carbons (Fsp3) is 0.286. The van der Waals surface area contributed by atoms with Gasteiger partial charge < -0.3 is 9.64 Å². The summed E-state index contributed by atoms with van der Waals surface area (Å²) in [5.41, 5.74) is 1.35. The second kappa shape index (κ2) is 6.84. The van der Waals surface area contributed by atoms with Crippen molar-refractivity contribution in [3.05, 3.63) is 46.7 Å². The highest BCUT2D eigenvalue weighted by Gasteiger charge is 2.13. The number of anilines is 1. The van der Waals surface area contributed by atoms with Crippen molar-refractivity contribution in [3.63, 3.8) is 0 Å². The average molecular weight is 337 g/mol. The van der Waals surface area contributed by atoms with Gasteiger partial charge in [-0.2, -0.15) is 0 Å². The average Bonchev–Trinajstić information content (AvgIpc) is 3.01. The summed E-state index contributed by atoms with van der Waals surface area (Å²) >= 11 is 6.12. The largest absolute Gasteiger partial charge is 0.383 e. The third-order valence-electron chi connectivity index (χ3n) is 3.32. The van der Waals surface area contributed by atoms with E-state index in [4.69, 9.17) is 16.3 Å². The van der Waals surface area contributed by atoms with Gasteiger partial charge in [0.25, 0.3) is 0 Å². The van der Waals surface area contributed by atoms with E-state index in [1.165, 1.54) is 16.8 Å². The van der Waals surface area contributed by atoms with Crippen LogP contribution in [0.25, 0.3) is 5.65 Å². The number of methoxy groups -OCH3 is 1. The van der Waals surface area contributed by atoms with Crippen molar-refractivity contribution in [2.75, 3.05) is 25.2 Å². The van der Waals surface area contributed by atoms with Crippen LogP contribution in [0.4, 0.5) is 10.2 Å². The van der Waals surface area contributed by atoms with E-state index in [1.807, 2.05) is 11.0 Å². The van der Waals surface area contributed by atoms with Crippen LogP contribution in [0.1, 0.15) is 5.56 Å². The van der Waals surface area contributed by atoms with Crippen LogP contribution < -0.4 is 4.90 Å². The van der Waals surface area contributed by atoms with Gasteiger partial charge in [-0.1, -0.05) is 17.7 Å². The molecule has 0 N–H and O–H groups in total. The zero-order chi connectivity index (χ0) is 16.2. The molecular weight excluding hydrogens is 323 g/mol. The topological polar surface area (TPSA) is 68.4 Å². The molecular formula is C14H14ClFN6O. The molecule has 1 aromatic carbocycles. The van der Waals surface area contributed by atoms with Gasteiger partial charge in [0.2, 0.25) is 0 Å². The summed E-state index contributed by atoms with van der Waals surface area (Å²) in [5.74, 6) is 0.303. The Morgan fingerprint density at radius 1 is 1.30 bits per heavy atom. The Labute approximate surface area is 136 Å². The maximum atomic E-state index is 13.2. The zero-order valence-electron chi connectivity index (χ0n) is 12.4. The van der Waals surface area contributed by atoms with E-state index in [-0.39, 0.29) is 5.82 Å². The first-order valence-corrected chi connectivity index (χ1v) is 7.28. The Hall–Kier alpha value is -2.32. The molecule has 0 bridgehead atoms. The van der Waals surface area contributed by atoms with Gasteiger partial charge in [0, 0.05) is 25.2 Å². The van der Waals surface area contributed by atoms with E-state index in [0.29, 0.717) is 36.2 Å². The molecule has 3 aromatic rings. The van der Waals surface area contributed by atoms with Gasteiger partial charge in [0.1, 0.15) is 5.82 Å². The molecule has 0 radical (unpaired) electrons. The quantitative estimate of drug-likeness (QED) is 0.685. The van der Waals surface area contributed by atoms with E-state index in [1.54, 1.807) is 19.2 Å². The molecule has 0 unspecified atom stereocenters. The molecule has 0 saturated carbocycles. The molecule has 0 saturated heterocycles. The Kier molecular flexibility index (Phi) is 4.63. The number of ether oxygens (including phenoxy) is 1. The second-order valence-electron chi connectivity index (χ2n) is 4.87. The number of aromatic nitrogens is 5. The van der Waals surface area contributed by atoms with Gasteiger partial charge >= 0.3 is 0 Å². The highest BCUT2D eigenvalue weighted by atomic mass is 35.5. The molecule has 0 aliphatic rings. The predicted octanol–water partition coefficient (Wildman–Crippen LogP) is 1.96. The number of rotatable bonds is 6. The molecule has 9 heteroatoms. The Bertz CT molecular complexity index is 811. The lowest BCUT2D eigenvalue weighted by Gasteiger charge is -2.23. The van der Waals surface area contributed by atoms with Crippen LogP contribution in [0, 0.1) is 5.82 Å². The van der Waals surface area contributed by atoms with Gasteiger partial charge in [-0.3, -0.25) is 0 Å². The summed E-state index contributed by atoms with van der Waals surface area (Å²) in [6.45, 7) is 1.56. The van der Waals surface area contributed by atoms with Crippen LogP contribution >= 0.6 is 11.6 Å². The number of hydrogen-bond donors (Lipinski definition) is 0. The van der Waals surface area contributed by atoms with E-state index in [0.717, 1.165) is 5.56 Å². The number of tetrazole rings is 1. The van der Waals surface area contributed by atoms with Crippen LogP contribution in [0.2, 0.25) is 5.02 Å². The van der Waals surface area contributed by atoms with Gasteiger partial charge in [-0.05, 0) is 40.3 Å². The summed E-state index contributed by atoms with van der Waals surface area (Å²) in [4.78, 5) is 1.96. The van der Waals surface area contributed by atoms with Crippen LogP contribution in [0.3, 0.4) is 0 Å². The third kappa shape index (κ3) is 3.54. The van der Waals surface area contributed by atoms with Crippen molar-refractivity contribution in [1.29, 1.82) is 0 Å². The van der Waals surface area contributed by atoms with E-state index < -0.39 is 0 Å². The highest BCUT2D eigenvalue weighted by Crippen LogP contribution is 2.21. The molecule has 0 amide bonds. The minimum absolute atomic E-state index is 0.365. The lowest BCUT2D eigenvalue weighted by molar-refractivity contribution is 0.204. The SMILES string of the molecule is COCCN(Cc1ccc(F)cc1Cl)c1ccc2nnnn2n1. The molecule has 0 aliphatic carbocycles. The maximum absolute atomic E-state index is 13.2. The van der Waals surface area contributed by atoms with Gasteiger partial charge in [0.15, 0.2) is 11.5 Å². The Morgan fingerprint density at radius 3 is 2.96 bits per heavy atom. The van der Waals surface area contributed by atoms with E-state index in [2.05, 4.69) is 20.6 Å². The normalized spacial score (nSPS) is 11.1. The summed E-state index contributed by atoms with van der Waals surface area (Å²) in [6, 6.07) is 7.93. The molecule has 3 rings (SSSR count). The number of hydrogen-bond acceptors (Lipinski definition) is 6. The first-order chi connectivity index (χ1) is 11.2. The van der Waals surface area contributed by atoms with Crippen LogP contribution in [-0.2, 0) is 11.3 Å². The molecule has 0 fully saturated rings. The van der Waals surface area contributed by atoms with Gasteiger partial charge in [-0.25, -0.2) is 4.39 Å². The second-order valence-corrected chi connectivity index (χ2v) is 5.28. The molecule has 120 valence electrons. The fourth-order valence-electron chi connectivity index (χ4n) is 2.14. The molecule has 0 spiro atoms. The molecule has 7 nitrogen and oxygen atoms in total. The monoisotopic (exact) mass is 336 g/mol. The molecule has 0 atom stereocenters. The lowest BCUT2D eigenvalue weighted by atomic mass is 10.2. The van der Waals surface area contributed by atoms with E-state index >= 15 is 0 Å². The van der Waals surface area contributed by atoms with Gasteiger partial charge in [-0.15, -0.1) is 14.8 Å². The minimum Gasteiger partial charge on any atom is -0.383 e. The summed E-state index contributed by atoms with van der Waals surface area (Å²) in [5, 5.41) is 15.9. The number of nitrogens with zero attached hydrogens (tertiary/aromatic N) is 6. The first kappa shape index (κ1) is 15.6. The molecule has 23 heavy (non-hydrogen) atoms. The Balaban J connectivity index is 1.89. The number of halogens is 2. The predicted molar refractivity (Wildman–Crippen MR) is 82.9 cm³/mol. The van der Waals surface area contributed by atoms with Crippen molar-refractivity contribution in [2.24, 2.45) is 0 Å². The zero-order valence-corrected chi connectivity index (χ0v) is 13.1. The first-order valence-electron chi connectivity index (χ1n) is 6.90. The summed E-state index contributed by atoms with van der Waals surface area (Å²) in [6.07, 6.45) is 0. The maximum Gasteiger partial charge on any atom is 0.200 e. The van der Waals surface area contributed by atoms with Crippen molar-refractivity contribution < 1.29 is 9.13 Å². The molecule has 2 heterocycles. The minimum atomic E-state index is -0.365. The van der Waals surface area contributed by atoms with Crippen LogP contribution in [-0.4, -0.2) is 45.5 Å². The van der Waals surface area contributed by atoms with Gasteiger partial charge in [0.05, 0.1) is 6.61 Å². The van der Waals surface area contributed by atoms with Crippen molar-refractivity contribution in [2.45, 2.75) is 6.54 Å². The Morgan fingerprint density at radius 2 is 2.17 bits per heavy atom. The number of fused-ring (bicyclic) bond motifs is 1. The summed E-state index contributed by atoms with van der Waals surface area (Å²) in [7, 11) is 1.63. The van der Waals surface area contributed by atoms with Crippen LogP contribution in [0.15, 0.2) is 30.3 Å². The third-order valence-corrected chi connectivity index (χ3v) is 3.67. The lowest BCUT2D eigenvalue weighted by Crippen LogP contribution is -2.28. The summed E-state index contributed by atoms with van der Waals surface area (Å²) < 4.78 is 19.7. The van der Waals surface area contributed by atoms with Crippen molar-refractivity contribution >= 4 is 23.1 Å². The standard InChI is InChI=1S/C14H14ClFN6O/c1-23-7-6-21(9-10-2-3-11(16)8-12(10)15)14-5-4-13-17-19-20-22(13)18-14/h2-5,8H,6-7,9H2,1H3. The van der Waals surface area contributed by atoms with E-state index in [9.17, 15) is 4.39 Å². The fourth-order valence-corrected chi connectivity index (χ4v) is 2.37. The smallest absolute Gasteiger partial charge is 0.200 e. The van der Waals surface area contributed by atoms with Crippen molar-refractivity contribution in [1.82, 2.24) is 25.3 Å². The molecule has 0 aliphatic heterocycles.